The summed E-state index contributed by atoms with van der Waals surface area (Å²) in [7, 11) is 0. The van der Waals surface area contributed by atoms with Crippen LogP contribution in [0.3, 0.4) is 0 Å². The second-order valence-corrected chi connectivity index (χ2v) is 5.09. The molecule has 0 saturated heterocycles. The Balaban J connectivity index is 2.28. The first-order valence-electron chi connectivity index (χ1n) is 6.02. The molecule has 0 saturated carbocycles. The van der Waals surface area contributed by atoms with Crippen molar-refractivity contribution in [2.45, 2.75) is 19.6 Å². The maximum absolute atomic E-state index is 12.2. The van der Waals surface area contributed by atoms with Gasteiger partial charge in [-0.05, 0) is 25.1 Å². The summed E-state index contributed by atoms with van der Waals surface area (Å²) in [5, 5.41) is 10.3. The molecule has 1 N–H and O–H groups in total. The summed E-state index contributed by atoms with van der Waals surface area (Å²) >= 11 is 3.34. The van der Waals surface area contributed by atoms with Gasteiger partial charge in [0, 0.05) is 11.1 Å². The highest BCUT2D eigenvalue weighted by molar-refractivity contribution is 9.10. The van der Waals surface area contributed by atoms with E-state index >= 15 is 0 Å². The lowest BCUT2D eigenvalue weighted by molar-refractivity contribution is 0.0329. The van der Waals surface area contributed by atoms with Crippen molar-refractivity contribution >= 4 is 26.8 Å². The van der Waals surface area contributed by atoms with Gasteiger partial charge in [0.05, 0.1) is 36.5 Å². The van der Waals surface area contributed by atoms with Crippen LogP contribution in [0.5, 0.6) is 0 Å². The van der Waals surface area contributed by atoms with Crippen molar-refractivity contribution in [2.24, 2.45) is 0 Å². The van der Waals surface area contributed by atoms with Crippen LogP contribution in [0.1, 0.15) is 6.92 Å². The van der Waals surface area contributed by atoms with Crippen molar-refractivity contribution < 1.29 is 9.84 Å². The Kier molecular flexibility index (Phi) is 4.68. The van der Waals surface area contributed by atoms with E-state index in [1.165, 1.54) is 10.9 Å². The van der Waals surface area contributed by atoms with Crippen LogP contribution in [-0.2, 0) is 11.3 Å². The Bertz CT molecular complexity index is 627. The monoisotopic (exact) mass is 326 g/mol. The highest BCUT2D eigenvalue weighted by Crippen LogP contribution is 2.14. The van der Waals surface area contributed by atoms with Gasteiger partial charge in [-0.2, -0.15) is 0 Å². The quantitative estimate of drug-likeness (QED) is 0.905. The average molecular weight is 327 g/mol. The smallest absolute Gasteiger partial charge is 0.261 e. The molecule has 5 nitrogen and oxygen atoms in total. The number of hydrogen-bond donors (Lipinski definition) is 1. The third kappa shape index (κ3) is 3.40. The minimum Gasteiger partial charge on any atom is -0.389 e. The standard InChI is InChI=1S/C13H15BrN2O3/c1-2-19-7-10(17)6-16-8-15-12-5-9(14)3-4-11(12)13(16)18/h3-5,8,10,17H,2,6-7H2,1H3/t10-/m0/s1. The molecule has 0 aliphatic carbocycles. The maximum Gasteiger partial charge on any atom is 0.261 e. The van der Waals surface area contributed by atoms with Crippen LogP contribution in [0.25, 0.3) is 10.9 Å². The van der Waals surface area contributed by atoms with Gasteiger partial charge in [-0.1, -0.05) is 15.9 Å². The number of aromatic nitrogens is 2. The van der Waals surface area contributed by atoms with Gasteiger partial charge in [0.2, 0.25) is 0 Å². The van der Waals surface area contributed by atoms with Crippen molar-refractivity contribution in [2.75, 3.05) is 13.2 Å². The van der Waals surface area contributed by atoms with E-state index in [-0.39, 0.29) is 18.7 Å². The van der Waals surface area contributed by atoms with Crippen LogP contribution < -0.4 is 5.56 Å². The number of fused-ring (bicyclic) bond motifs is 1. The summed E-state index contributed by atoms with van der Waals surface area (Å²) < 4.78 is 7.40. The Labute approximate surface area is 119 Å². The van der Waals surface area contributed by atoms with E-state index < -0.39 is 6.10 Å². The second kappa shape index (κ2) is 6.27. The molecule has 1 atom stereocenters. The lowest BCUT2D eigenvalue weighted by Gasteiger charge is -2.12. The van der Waals surface area contributed by atoms with Crippen molar-refractivity contribution in [3.8, 4) is 0 Å². The molecule has 2 aromatic rings. The summed E-state index contributed by atoms with van der Waals surface area (Å²) in [6, 6.07) is 5.31. The number of ether oxygens (including phenoxy) is 1. The molecule has 0 fully saturated rings. The van der Waals surface area contributed by atoms with Crippen LogP contribution in [0, 0.1) is 0 Å². The van der Waals surface area contributed by atoms with Gasteiger partial charge in [-0.25, -0.2) is 4.98 Å². The SMILES string of the molecule is CCOC[C@@H](O)Cn1cnc2cc(Br)ccc2c1=O. The highest BCUT2D eigenvalue weighted by atomic mass is 79.9. The van der Waals surface area contributed by atoms with Crippen LogP contribution in [0.4, 0.5) is 0 Å². The van der Waals surface area contributed by atoms with E-state index in [4.69, 9.17) is 4.74 Å². The molecule has 0 bridgehead atoms. The second-order valence-electron chi connectivity index (χ2n) is 4.18. The van der Waals surface area contributed by atoms with Gasteiger partial charge >= 0.3 is 0 Å². The molecular weight excluding hydrogens is 312 g/mol. The molecule has 102 valence electrons. The maximum atomic E-state index is 12.2. The molecule has 19 heavy (non-hydrogen) atoms. The van der Waals surface area contributed by atoms with Crippen LogP contribution in [0.2, 0.25) is 0 Å². The molecule has 0 spiro atoms. The third-order valence-corrected chi connectivity index (χ3v) is 3.20. The Morgan fingerprint density at radius 3 is 3.05 bits per heavy atom. The lowest BCUT2D eigenvalue weighted by Crippen LogP contribution is -2.29. The molecule has 1 aromatic carbocycles. The zero-order valence-corrected chi connectivity index (χ0v) is 12.1. The number of hydrogen-bond acceptors (Lipinski definition) is 4. The van der Waals surface area contributed by atoms with E-state index in [0.717, 1.165) is 4.47 Å². The van der Waals surface area contributed by atoms with Gasteiger partial charge < -0.3 is 9.84 Å². The van der Waals surface area contributed by atoms with Gasteiger partial charge in [0.1, 0.15) is 0 Å². The number of halogens is 1. The number of rotatable bonds is 5. The van der Waals surface area contributed by atoms with Crippen LogP contribution in [0.15, 0.2) is 33.8 Å². The normalized spacial score (nSPS) is 12.8. The van der Waals surface area contributed by atoms with E-state index in [1.54, 1.807) is 18.2 Å². The van der Waals surface area contributed by atoms with E-state index in [9.17, 15) is 9.90 Å². The van der Waals surface area contributed by atoms with Crippen molar-refractivity contribution in [3.63, 3.8) is 0 Å². The van der Waals surface area contributed by atoms with Crippen molar-refractivity contribution in [3.05, 3.63) is 39.4 Å². The molecular formula is C13H15BrN2O3. The zero-order chi connectivity index (χ0) is 13.8. The highest BCUT2D eigenvalue weighted by Gasteiger charge is 2.09. The van der Waals surface area contributed by atoms with E-state index in [0.29, 0.717) is 17.5 Å². The first-order chi connectivity index (χ1) is 9.11. The number of aliphatic hydroxyl groups excluding tert-OH is 1. The fourth-order valence-electron chi connectivity index (χ4n) is 1.80. The summed E-state index contributed by atoms with van der Waals surface area (Å²) in [5.74, 6) is 0. The largest absolute Gasteiger partial charge is 0.389 e. The van der Waals surface area contributed by atoms with E-state index in [2.05, 4.69) is 20.9 Å². The molecule has 1 aromatic heterocycles. The summed E-state index contributed by atoms with van der Waals surface area (Å²) in [6.45, 7) is 2.78. The Morgan fingerprint density at radius 1 is 1.53 bits per heavy atom. The van der Waals surface area contributed by atoms with Crippen LogP contribution >= 0.6 is 15.9 Å². The predicted molar refractivity (Wildman–Crippen MR) is 76.2 cm³/mol. The lowest BCUT2D eigenvalue weighted by atomic mass is 10.2. The molecule has 1 heterocycles. The fourth-order valence-corrected chi connectivity index (χ4v) is 2.14. The van der Waals surface area contributed by atoms with Crippen molar-refractivity contribution in [1.82, 2.24) is 9.55 Å². The first-order valence-corrected chi connectivity index (χ1v) is 6.81. The molecule has 2 rings (SSSR count). The summed E-state index contributed by atoms with van der Waals surface area (Å²) in [6.07, 6.45) is 0.735. The minimum absolute atomic E-state index is 0.159. The molecule has 6 heteroatoms. The van der Waals surface area contributed by atoms with Gasteiger partial charge in [0.25, 0.3) is 5.56 Å². The minimum atomic E-state index is -0.715. The molecule has 0 aliphatic heterocycles. The van der Waals surface area contributed by atoms with Gasteiger partial charge in [-0.15, -0.1) is 0 Å². The van der Waals surface area contributed by atoms with E-state index in [1.807, 2.05) is 6.92 Å². The summed E-state index contributed by atoms with van der Waals surface area (Å²) in [4.78, 5) is 16.4. The van der Waals surface area contributed by atoms with Crippen molar-refractivity contribution in [1.29, 1.82) is 0 Å². The molecule has 0 radical (unpaired) electrons. The van der Waals surface area contributed by atoms with Crippen LogP contribution in [-0.4, -0.2) is 34.0 Å². The molecule has 0 unspecified atom stereocenters. The average Bonchev–Trinajstić information content (AvgIpc) is 2.39. The zero-order valence-electron chi connectivity index (χ0n) is 10.5. The number of benzene rings is 1. The fraction of sp³-hybridized carbons (Fsp3) is 0.385. The number of nitrogens with zero attached hydrogens (tertiary/aromatic N) is 2. The number of aliphatic hydroxyl groups is 1. The first kappa shape index (κ1) is 14.2. The topological polar surface area (TPSA) is 64.3 Å². The molecule has 0 aliphatic rings. The molecule has 0 amide bonds. The Morgan fingerprint density at radius 2 is 2.32 bits per heavy atom. The van der Waals surface area contributed by atoms with Gasteiger partial charge in [-0.3, -0.25) is 9.36 Å². The third-order valence-electron chi connectivity index (χ3n) is 2.71. The summed E-state index contributed by atoms with van der Waals surface area (Å²) in [5.41, 5.74) is 0.475. The van der Waals surface area contributed by atoms with Gasteiger partial charge in [0.15, 0.2) is 0 Å². The predicted octanol–water partition coefficient (Wildman–Crippen LogP) is 1.56. The Hall–Kier alpha value is -1.24.